The summed E-state index contributed by atoms with van der Waals surface area (Å²) in [5.74, 6) is 0. The molecule has 0 spiro atoms. The fourth-order valence-corrected chi connectivity index (χ4v) is 5.61. The van der Waals surface area contributed by atoms with Gasteiger partial charge < -0.3 is 13.7 Å². The van der Waals surface area contributed by atoms with E-state index in [1.807, 2.05) is 48.5 Å². The van der Waals surface area contributed by atoms with Crippen LogP contribution < -0.4 is 16.2 Å². The second-order valence-electron chi connectivity index (χ2n) is 10.4. The average Bonchev–Trinajstić information content (AvgIpc) is 3.00. The summed E-state index contributed by atoms with van der Waals surface area (Å²) in [5, 5.41) is 3.69. The quantitative estimate of drug-likeness (QED) is 0.143. The van der Waals surface area contributed by atoms with Crippen LogP contribution in [-0.4, -0.2) is 18.1 Å². The van der Waals surface area contributed by atoms with Gasteiger partial charge in [0, 0.05) is 64.5 Å². The predicted octanol–water partition coefficient (Wildman–Crippen LogP) is 7.97. The molecule has 206 valence electrons. The Balaban J connectivity index is 1.41. The number of benzene rings is 3. The van der Waals surface area contributed by atoms with E-state index in [-0.39, 0.29) is 0 Å². The van der Waals surface area contributed by atoms with Crippen LogP contribution in [0.3, 0.4) is 0 Å². The van der Waals surface area contributed by atoms with Crippen LogP contribution in [0.25, 0.3) is 55.0 Å². The molecule has 0 amide bonds. The van der Waals surface area contributed by atoms with Gasteiger partial charge in [-0.3, -0.25) is 4.98 Å². The number of nitrogens with zero attached hydrogens (tertiary/aromatic N) is 2. The highest BCUT2D eigenvalue weighted by molar-refractivity contribution is 6.05. The summed E-state index contributed by atoms with van der Waals surface area (Å²) in [6, 6.07) is 21.6. The summed E-state index contributed by atoms with van der Waals surface area (Å²) < 4.78 is 11.7. The molecule has 6 rings (SSSR count). The van der Waals surface area contributed by atoms with E-state index in [9.17, 15) is 9.59 Å². The third-order valence-electron chi connectivity index (χ3n) is 7.86. The van der Waals surface area contributed by atoms with Crippen LogP contribution in [0.15, 0.2) is 97.5 Å². The molecular formula is C35H32N2O4. The Bertz CT molecular complexity index is 2020. The van der Waals surface area contributed by atoms with Gasteiger partial charge in [0.1, 0.15) is 11.2 Å². The summed E-state index contributed by atoms with van der Waals surface area (Å²) in [6.07, 6.45) is 6.44. The molecule has 6 heteroatoms. The molecular weight excluding hydrogens is 512 g/mol. The second kappa shape index (κ2) is 11.0. The van der Waals surface area contributed by atoms with Gasteiger partial charge in [0.25, 0.3) is 0 Å². The first-order valence-corrected chi connectivity index (χ1v) is 14.3. The molecule has 0 saturated carbocycles. The Morgan fingerprint density at radius 2 is 1.44 bits per heavy atom. The van der Waals surface area contributed by atoms with E-state index < -0.39 is 11.3 Å². The van der Waals surface area contributed by atoms with Crippen LogP contribution in [0.2, 0.25) is 0 Å². The Hall–Kier alpha value is -4.71. The summed E-state index contributed by atoms with van der Waals surface area (Å²) in [5.41, 5.74) is 4.41. The van der Waals surface area contributed by atoms with Crippen LogP contribution in [0.4, 0.5) is 5.69 Å². The van der Waals surface area contributed by atoms with E-state index in [1.54, 1.807) is 18.5 Å². The minimum Gasteiger partial charge on any atom is -0.422 e. The fraction of sp³-hybridized carbons (Fsp3) is 0.229. The zero-order valence-corrected chi connectivity index (χ0v) is 23.6. The number of aryl methyl sites for hydroxylation is 1. The van der Waals surface area contributed by atoms with Crippen molar-refractivity contribution >= 4 is 38.4 Å². The number of hydrogen-bond acceptors (Lipinski definition) is 6. The zero-order chi connectivity index (χ0) is 28.5. The van der Waals surface area contributed by atoms with Gasteiger partial charge in [-0.1, -0.05) is 43.7 Å². The molecule has 3 heterocycles. The van der Waals surface area contributed by atoms with Crippen molar-refractivity contribution < 1.29 is 8.83 Å². The minimum absolute atomic E-state index is 0.387. The first-order chi connectivity index (χ1) is 20.0. The van der Waals surface area contributed by atoms with E-state index >= 15 is 0 Å². The van der Waals surface area contributed by atoms with Crippen molar-refractivity contribution in [3.05, 3.63) is 106 Å². The monoisotopic (exact) mass is 544 g/mol. The number of fused-ring (bicyclic) bond motifs is 4. The Kier molecular flexibility index (Phi) is 7.14. The smallest absolute Gasteiger partial charge is 0.344 e. The number of anilines is 1. The summed E-state index contributed by atoms with van der Waals surface area (Å²) in [6.45, 7) is 8.09. The molecule has 0 atom stereocenters. The van der Waals surface area contributed by atoms with Gasteiger partial charge >= 0.3 is 11.3 Å². The predicted molar refractivity (Wildman–Crippen MR) is 167 cm³/mol. The van der Waals surface area contributed by atoms with Gasteiger partial charge in [-0.25, -0.2) is 9.59 Å². The molecule has 0 bridgehead atoms. The number of pyridine rings is 1. The fourth-order valence-electron chi connectivity index (χ4n) is 5.61. The molecule has 0 radical (unpaired) electrons. The van der Waals surface area contributed by atoms with Crippen molar-refractivity contribution in [3.63, 3.8) is 0 Å². The van der Waals surface area contributed by atoms with Crippen LogP contribution in [-0.2, 0) is 6.42 Å². The van der Waals surface area contributed by atoms with E-state index in [0.717, 1.165) is 59.6 Å². The second-order valence-corrected chi connectivity index (χ2v) is 10.4. The minimum atomic E-state index is -0.455. The number of aromatic nitrogens is 1. The van der Waals surface area contributed by atoms with Crippen molar-refractivity contribution in [3.8, 4) is 22.3 Å². The highest BCUT2D eigenvalue weighted by Crippen LogP contribution is 2.31. The Labute approximate surface area is 237 Å². The van der Waals surface area contributed by atoms with Gasteiger partial charge in [0.15, 0.2) is 0 Å². The van der Waals surface area contributed by atoms with Crippen LogP contribution in [0.1, 0.15) is 39.2 Å². The molecule has 0 N–H and O–H groups in total. The highest BCUT2D eigenvalue weighted by atomic mass is 16.4. The summed E-state index contributed by atoms with van der Waals surface area (Å²) in [7, 11) is 0. The Morgan fingerprint density at radius 1 is 0.732 bits per heavy atom. The standard InChI is InChI=1S/C35H32N2O4/c1-4-7-9-22-10-8-11-29-28(22)15-13-24-18-31(35(39)41-33(24)29)26-16-25(20-36-21-26)30-17-23-12-14-27(37(5-2)6-3)19-32(23)40-34(30)38/h8,10-21H,4-7,9H2,1-3H3. The van der Waals surface area contributed by atoms with Crippen molar-refractivity contribution in [2.75, 3.05) is 18.0 Å². The molecule has 0 aliphatic heterocycles. The summed E-state index contributed by atoms with van der Waals surface area (Å²) >= 11 is 0. The van der Waals surface area contributed by atoms with Crippen molar-refractivity contribution in [1.29, 1.82) is 0 Å². The lowest BCUT2D eigenvalue weighted by Crippen LogP contribution is -2.21. The molecule has 0 unspecified atom stereocenters. The maximum absolute atomic E-state index is 13.3. The lowest BCUT2D eigenvalue weighted by atomic mass is 9.97. The molecule has 0 aliphatic carbocycles. The topological polar surface area (TPSA) is 76.6 Å². The normalized spacial score (nSPS) is 11.5. The lowest BCUT2D eigenvalue weighted by molar-refractivity contribution is 0.563. The van der Waals surface area contributed by atoms with E-state index in [4.69, 9.17) is 8.83 Å². The van der Waals surface area contributed by atoms with Crippen LogP contribution >= 0.6 is 0 Å². The van der Waals surface area contributed by atoms with Gasteiger partial charge in [-0.05, 0) is 68.0 Å². The van der Waals surface area contributed by atoms with Gasteiger partial charge in [-0.15, -0.1) is 0 Å². The number of hydrogen-bond donors (Lipinski definition) is 0. The largest absolute Gasteiger partial charge is 0.422 e. The zero-order valence-electron chi connectivity index (χ0n) is 23.6. The Morgan fingerprint density at radius 3 is 2.17 bits per heavy atom. The van der Waals surface area contributed by atoms with E-state index in [2.05, 4.69) is 42.8 Å². The summed E-state index contributed by atoms with van der Waals surface area (Å²) in [4.78, 5) is 32.9. The van der Waals surface area contributed by atoms with E-state index in [1.165, 1.54) is 5.56 Å². The van der Waals surface area contributed by atoms with Gasteiger partial charge in [0.2, 0.25) is 0 Å². The van der Waals surface area contributed by atoms with Crippen molar-refractivity contribution in [2.24, 2.45) is 0 Å². The average molecular weight is 545 g/mol. The van der Waals surface area contributed by atoms with E-state index in [0.29, 0.717) is 33.4 Å². The maximum Gasteiger partial charge on any atom is 0.344 e. The molecule has 0 saturated heterocycles. The molecule has 41 heavy (non-hydrogen) atoms. The third kappa shape index (κ3) is 4.91. The SMILES string of the molecule is CCCCc1cccc2c1ccc1cc(-c3cncc(-c4cc5ccc(N(CC)CC)cc5oc4=O)c3)c(=O)oc12. The third-order valence-corrected chi connectivity index (χ3v) is 7.86. The maximum atomic E-state index is 13.3. The first kappa shape index (κ1) is 26.5. The molecule has 3 aromatic heterocycles. The number of rotatable bonds is 8. The molecule has 0 fully saturated rings. The molecule has 6 nitrogen and oxygen atoms in total. The molecule has 0 aliphatic rings. The first-order valence-electron chi connectivity index (χ1n) is 14.3. The van der Waals surface area contributed by atoms with Gasteiger partial charge in [0.05, 0.1) is 11.1 Å². The number of unbranched alkanes of at least 4 members (excludes halogenated alkanes) is 1. The van der Waals surface area contributed by atoms with Gasteiger partial charge in [-0.2, -0.15) is 0 Å². The highest BCUT2D eigenvalue weighted by Gasteiger charge is 2.15. The lowest BCUT2D eigenvalue weighted by Gasteiger charge is -2.21. The van der Waals surface area contributed by atoms with Crippen LogP contribution in [0.5, 0.6) is 0 Å². The molecule has 3 aromatic carbocycles. The molecule has 6 aromatic rings. The van der Waals surface area contributed by atoms with Crippen molar-refractivity contribution in [1.82, 2.24) is 4.98 Å². The van der Waals surface area contributed by atoms with Crippen LogP contribution in [0, 0.1) is 0 Å². The van der Waals surface area contributed by atoms with Crippen molar-refractivity contribution in [2.45, 2.75) is 40.0 Å².